The van der Waals surface area contributed by atoms with Crippen LogP contribution in [-0.2, 0) is 14.8 Å². The van der Waals surface area contributed by atoms with Crippen molar-refractivity contribution in [2.45, 2.75) is 18.2 Å². The molecule has 1 N–H and O–H groups in total. The molecule has 29 heavy (non-hydrogen) atoms. The normalized spacial score (nSPS) is 16.5. The number of anilines is 1. The summed E-state index contributed by atoms with van der Waals surface area (Å²) in [5, 5.41) is 10.4. The Morgan fingerprint density at radius 3 is 2.52 bits per heavy atom. The molecule has 3 rings (SSSR count). The average molecular weight is 436 g/mol. The number of amides is 1. The van der Waals surface area contributed by atoms with Crippen LogP contribution in [0.1, 0.15) is 19.4 Å². The van der Waals surface area contributed by atoms with Crippen LogP contribution >= 0.6 is 11.3 Å². The van der Waals surface area contributed by atoms with E-state index >= 15 is 0 Å². The summed E-state index contributed by atoms with van der Waals surface area (Å²) in [6, 6.07) is 10.1. The molecule has 156 valence electrons. The number of hydrogen-bond donors (Lipinski definition) is 1. The zero-order chi connectivity index (χ0) is 20.9. The molecule has 1 aliphatic heterocycles. The van der Waals surface area contributed by atoms with Crippen LogP contribution in [0.15, 0.2) is 40.7 Å². The molecular formula is C19H25N5O3S2. The molecule has 1 amide bonds. The minimum Gasteiger partial charge on any atom is -0.300 e. The van der Waals surface area contributed by atoms with Crippen molar-refractivity contribution < 1.29 is 13.2 Å². The third kappa shape index (κ3) is 5.69. The van der Waals surface area contributed by atoms with Gasteiger partial charge in [0.05, 0.1) is 0 Å². The Hall–Kier alpha value is -2.14. The maximum absolute atomic E-state index is 12.8. The number of nitrogens with one attached hydrogen (secondary N) is 1. The Balaban J connectivity index is 1.54. The highest BCUT2D eigenvalue weighted by molar-refractivity contribution is 7.91. The lowest BCUT2D eigenvalue weighted by molar-refractivity contribution is -0.118. The van der Waals surface area contributed by atoms with Crippen LogP contribution in [-0.4, -0.2) is 66.5 Å². The first kappa shape index (κ1) is 21.6. The molecular weight excluding hydrogens is 410 g/mol. The second-order valence-corrected chi connectivity index (χ2v) is 10.1. The molecule has 2 aromatic rings. The second kappa shape index (κ2) is 9.57. The van der Waals surface area contributed by atoms with Crippen molar-refractivity contribution in [3.8, 4) is 0 Å². The van der Waals surface area contributed by atoms with Gasteiger partial charge in [-0.2, -0.15) is 4.31 Å². The Morgan fingerprint density at radius 1 is 1.17 bits per heavy atom. The van der Waals surface area contributed by atoms with E-state index in [1.165, 1.54) is 4.31 Å². The van der Waals surface area contributed by atoms with Crippen molar-refractivity contribution in [3.05, 3.63) is 42.0 Å². The van der Waals surface area contributed by atoms with E-state index in [2.05, 4.69) is 32.6 Å². The van der Waals surface area contributed by atoms with Crippen LogP contribution in [0.3, 0.4) is 0 Å². The largest absolute Gasteiger partial charge is 0.300 e. The fourth-order valence-corrected chi connectivity index (χ4v) is 5.24. The van der Waals surface area contributed by atoms with Gasteiger partial charge in [-0.1, -0.05) is 67.7 Å². The second-order valence-electron chi connectivity index (χ2n) is 7.03. The number of rotatable bonds is 7. The molecule has 0 bridgehead atoms. The van der Waals surface area contributed by atoms with Crippen LogP contribution in [0.2, 0.25) is 0 Å². The molecule has 8 nitrogen and oxygen atoms in total. The van der Waals surface area contributed by atoms with Gasteiger partial charge in [0.25, 0.3) is 10.0 Å². The van der Waals surface area contributed by atoms with Crippen LogP contribution in [0, 0.1) is 5.92 Å². The predicted molar refractivity (Wildman–Crippen MR) is 114 cm³/mol. The summed E-state index contributed by atoms with van der Waals surface area (Å²) in [4.78, 5) is 14.0. The number of nitrogens with zero attached hydrogens (tertiary/aromatic N) is 4. The van der Waals surface area contributed by atoms with Gasteiger partial charge in [0.2, 0.25) is 15.4 Å². The number of carbonyl (C=O) groups excluding carboxylic acids is 1. The van der Waals surface area contributed by atoms with Gasteiger partial charge in [0.1, 0.15) is 0 Å². The summed E-state index contributed by atoms with van der Waals surface area (Å²) in [5.41, 5.74) is 1.14. The molecule has 1 saturated heterocycles. The third-order valence-electron chi connectivity index (χ3n) is 4.53. The Morgan fingerprint density at radius 2 is 1.86 bits per heavy atom. The van der Waals surface area contributed by atoms with Gasteiger partial charge in [-0.05, 0) is 5.56 Å². The summed E-state index contributed by atoms with van der Waals surface area (Å²) < 4.78 is 27.0. The molecule has 2 heterocycles. The molecule has 0 spiro atoms. The van der Waals surface area contributed by atoms with E-state index in [0.717, 1.165) is 23.4 Å². The van der Waals surface area contributed by atoms with Gasteiger partial charge in [-0.25, -0.2) is 8.42 Å². The van der Waals surface area contributed by atoms with Crippen molar-refractivity contribution in [2.75, 3.05) is 38.0 Å². The van der Waals surface area contributed by atoms with Crippen LogP contribution in [0.5, 0.6) is 0 Å². The minimum atomic E-state index is -3.70. The monoisotopic (exact) mass is 435 g/mol. The summed E-state index contributed by atoms with van der Waals surface area (Å²) in [6.45, 7) is 6.36. The summed E-state index contributed by atoms with van der Waals surface area (Å²) in [6.07, 6.45) is 4.16. The highest BCUT2D eigenvalue weighted by Crippen LogP contribution is 2.24. The number of aromatic nitrogens is 2. The molecule has 1 aromatic carbocycles. The quantitative estimate of drug-likeness (QED) is 0.670. The van der Waals surface area contributed by atoms with E-state index in [-0.39, 0.29) is 21.3 Å². The Bertz CT molecular complexity index is 949. The zero-order valence-electron chi connectivity index (χ0n) is 16.5. The number of hydrogen-bond acceptors (Lipinski definition) is 7. The third-order valence-corrected chi connectivity index (χ3v) is 7.61. The highest BCUT2D eigenvalue weighted by atomic mass is 32.2. The highest BCUT2D eigenvalue weighted by Gasteiger charge is 2.31. The molecule has 1 aliphatic rings. The summed E-state index contributed by atoms with van der Waals surface area (Å²) >= 11 is 0.883. The molecule has 1 aromatic heterocycles. The molecule has 0 radical (unpaired) electrons. The van der Waals surface area contributed by atoms with Gasteiger partial charge in [-0.3, -0.25) is 9.69 Å². The average Bonchev–Trinajstić information content (AvgIpc) is 3.18. The van der Waals surface area contributed by atoms with Crippen molar-refractivity contribution >= 4 is 38.5 Å². The first-order chi connectivity index (χ1) is 13.9. The maximum atomic E-state index is 12.8. The van der Waals surface area contributed by atoms with E-state index in [0.29, 0.717) is 26.2 Å². The van der Waals surface area contributed by atoms with Gasteiger partial charge < -0.3 is 5.32 Å². The van der Waals surface area contributed by atoms with Crippen LogP contribution in [0.4, 0.5) is 5.13 Å². The molecule has 10 heteroatoms. The lowest BCUT2D eigenvalue weighted by Crippen LogP contribution is -2.48. The van der Waals surface area contributed by atoms with Gasteiger partial charge >= 0.3 is 0 Å². The number of benzene rings is 1. The van der Waals surface area contributed by atoms with Crippen molar-refractivity contribution in [1.29, 1.82) is 0 Å². The number of sulfonamides is 1. The fourth-order valence-electron chi connectivity index (χ4n) is 2.78. The first-order valence-corrected chi connectivity index (χ1v) is 11.7. The zero-order valence-corrected chi connectivity index (χ0v) is 18.1. The van der Waals surface area contributed by atoms with Crippen LogP contribution in [0.25, 0.3) is 6.08 Å². The molecule has 0 unspecified atom stereocenters. The Kier molecular flexibility index (Phi) is 7.12. The van der Waals surface area contributed by atoms with Gasteiger partial charge in [0, 0.05) is 38.6 Å². The fraction of sp³-hybridized carbons (Fsp3) is 0.421. The topological polar surface area (TPSA) is 95.5 Å². The molecule has 0 aliphatic carbocycles. The van der Waals surface area contributed by atoms with E-state index < -0.39 is 10.0 Å². The Labute approximate surface area is 175 Å². The smallest absolute Gasteiger partial charge is 0.272 e. The summed E-state index contributed by atoms with van der Waals surface area (Å²) in [7, 11) is -3.70. The van der Waals surface area contributed by atoms with E-state index in [4.69, 9.17) is 0 Å². The number of carbonyl (C=O) groups is 1. The lowest BCUT2D eigenvalue weighted by atomic mass is 10.2. The molecule has 1 fully saturated rings. The van der Waals surface area contributed by atoms with Crippen molar-refractivity contribution in [2.24, 2.45) is 5.92 Å². The predicted octanol–water partition coefficient (Wildman–Crippen LogP) is 2.15. The SMILES string of the molecule is CC(C)C(=O)Nc1nnc(S(=O)(=O)N2CCN(C/C=C/c3ccccc3)CC2)s1. The maximum Gasteiger partial charge on any atom is 0.272 e. The van der Waals surface area contributed by atoms with Crippen LogP contribution < -0.4 is 5.32 Å². The van der Waals surface area contributed by atoms with Crippen molar-refractivity contribution in [3.63, 3.8) is 0 Å². The summed E-state index contributed by atoms with van der Waals surface area (Å²) in [5.74, 6) is -0.440. The minimum absolute atomic E-state index is 0.0889. The van der Waals surface area contributed by atoms with E-state index in [1.807, 2.05) is 30.3 Å². The molecule has 0 saturated carbocycles. The molecule has 0 atom stereocenters. The van der Waals surface area contributed by atoms with Gasteiger partial charge in [0.15, 0.2) is 0 Å². The lowest BCUT2D eigenvalue weighted by Gasteiger charge is -2.32. The van der Waals surface area contributed by atoms with Gasteiger partial charge in [-0.15, -0.1) is 10.2 Å². The van der Waals surface area contributed by atoms with E-state index in [1.54, 1.807) is 13.8 Å². The van der Waals surface area contributed by atoms with Crippen molar-refractivity contribution in [1.82, 2.24) is 19.4 Å². The number of piperazine rings is 1. The standard InChI is InChI=1S/C19H25N5O3S2/c1-15(2)17(25)20-18-21-22-19(28-18)29(26,27)24-13-11-23(12-14-24)10-6-9-16-7-4-3-5-8-16/h3-9,15H,10-14H2,1-2H3,(H,20,21,25)/b9-6+. The van der Waals surface area contributed by atoms with E-state index in [9.17, 15) is 13.2 Å². The first-order valence-electron chi connectivity index (χ1n) is 9.45.